The fourth-order valence-corrected chi connectivity index (χ4v) is 2.95. The molecule has 0 saturated heterocycles. The number of nitrogens with one attached hydrogen (secondary N) is 1. The molecule has 0 radical (unpaired) electrons. The second kappa shape index (κ2) is 6.07. The molecular formula is C14H20N2O4. The van der Waals surface area contributed by atoms with Crippen molar-refractivity contribution in [2.75, 3.05) is 5.32 Å². The Labute approximate surface area is 117 Å². The van der Waals surface area contributed by atoms with Crippen LogP contribution in [0.4, 0.5) is 6.01 Å². The van der Waals surface area contributed by atoms with E-state index in [2.05, 4.69) is 10.3 Å². The first-order chi connectivity index (χ1) is 9.49. The second-order valence-electron chi connectivity index (χ2n) is 5.65. The summed E-state index contributed by atoms with van der Waals surface area (Å²) in [6.07, 6.45) is 6.38. The van der Waals surface area contributed by atoms with Crippen LogP contribution >= 0.6 is 0 Å². The van der Waals surface area contributed by atoms with Crippen LogP contribution < -0.4 is 5.32 Å². The zero-order valence-corrected chi connectivity index (χ0v) is 11.6. The summed E-state index contributed by atoms with van der Waals surface area (Å²) < 4.78 is 5.08. The highest BCUT2D eigenvalue weighted by atomic mass is 16.4. The second-order valence-corrected chi connectivity index (χ2v) is 5.65. The van der Waals surface area contributed by atoms with Gasteiger partial charge in [-0.15, -0.1) is 0 Å². The SMILES string of the molecule is Cc1coc(NC(=O)CC2(CC(=O)O)CCCCC2)n1. The number of anilines is 1. The average molecular weight is 280 g/mol. The summed E-state index contributed by atoms with van der Waals surface area (Å²) in [6.45, 7) is 1.77. The molecule has 1 aromatic heterocycles. The van der Waals surface area contributed by atoms with Crippen molar-refractivity contribution in [2.24, 2.45) is 5.41 Å². The first-order valence-corrected chi connectivity index (χ1v) is 6.93. The zero-order valence-electron chi connectivity index (χ0n) is 11.6. The number of aliphatic carboxylic acids is 1. The van der Waals surface area contributed by atoms with Crippen molar-refractivity contribution in [1.82, 2.24) is 4.98 Å². The quantitative estimate of drug-likeness (QED) is 0.865. The van der Waals surface area contributed by atoms with Gasteiger partial charge in [-0.2, -0.15) is 4.98 Å². The molecule has 1 aromatic rings. The number of carbonyl (C=O) groups is 2. The van der Waals surface area contributed by atoms with Gasteiger partial charge in [0.2, 0.25) is 5.91 Å². The highest BCUT2D eigenvalue weighted by Gasteiger charge is 2.36. The lowest BCUT2D eigenvalue weighted by atomic mass is 9.69. The molecule has 2 rings (SSSR count). The van der Waals surface area contributed by atoms with Crippen LogP contribution in [0.2, 0.25) is 0 Å². The van der Waals surface area contributed by atoms with Crippen molar-refractivity contribution in [3.63, 3.8) is 0 Å². The molecule has 6 nitrogen and oxygen atoms in total. The van der Waals surface area contributed by atoms with Crippen molar-refractivity contribution in [3.8, 4) is 0 Å². The maximum absolute atomic E-state index is 12.1. The number of aryl methyl sites for hydroxylation is 1. The highest BCUT2D eigenvalue weighted by Crippen LogP contribution is 2.42. The Morgan fingerprint density at radius 1 is 1.35 bits per heavy atom. The van der Waals surface area contributed by atoms with E-state index in [1.807, 2.05) is 0 Å². The average Bonchev–Trinajstić information content (AvgIpc) is 2.74. The summed E-state index contributed by atoms with van der Waals surface area (Å²) in [4.78, 5) is 27.1. The smallest absolute Gasteiger partial charge is 0.303 e. The molecule has 0 aliphatic heterocycles. The number of carbonyl (C=O) groups excluding carboxylic acids is 1. The van der Waals surface area contributed by atoms with Gasteiger partial charge in [0.05, 0.1) is 12.1 Å². The maximum Gasteiger partial charge on any atom is 0.303 e. The third-order valence-electron chi connectivity index (χ3n) is 3.84. The van der Waals surface area contributed by atoms with Crippen LogP contribution in [0.15, 0.2) is 10.7 Å². The normalized spacial score (nSPS) is 17.6. The number of carboxylic acid groups (broad SMARTS) is 1. The Kier molecular flexibility index (Phi) is 4.42. The topological polar surface area (TPSA) is 92.4 Å². The molecule has 0 bridgehead atoms. The summed E-state index contributed by atoms with van der Waals surface area (Å²) in [6, 6.07) is 0.175. The Bertz CT molecular complexity index is 489. The summed E-state index contributed by atoms with van der Waals surface area (Å²) in [7, 11) is 0. The Morgan fingerprint density at radius 2 is 2.05 bits per heavy atom. The number of rotatable bonds is 5. The Hall–Kier alpha value is -1.85. The van der Waals surface area contributed by atoms with Gasteiger partial charge in [0.15, 0.2) is 0 Å². The number of hydrogen-bond donors (Lipinski definition) is 2. The van der Waals surface area contributed by atoms with Gasteiger partial charge in [-0.1, -0.05) is 19.3 Å². The number of hydrogen-bond acceptors (Lipinski definition) is 4. The lowest BCUT2D eigenvalue weighted by molar-refractivity contribution is -0.140. The fourth-order valence-electron chi connectivity index (χ4n) is 2.95. The van der Waals surface area contributed by atoms with E-state index >= 15 is 0 Å². The van der Waals surface area contributed by atoms with E-state index in [1.54, 1.807) is 6.92 Å². The minimum atomic E-state index is -0.841. The van der Waals surface area contributed by atoms with Gasteiger partial charge in [0, 0.05) is 6.42 Å². The van der Waals surface area contributed by atoms with Gasteiger partial charge in [-0.05, 0) is 25.2 Å². The van der Waals surface area contributed by atoms with Gasteiger partial charge in [-0.25, -0.2) is 0 Å². The molecule has 1 aliphatic carbocycles. The van der Waals surface area contributed by atoms with E-state index < -0.39 is 11.4 Å². The molecule has 0 aromatic carbocycles. The first-order valence-electron chi connectivity index (χ1n) is 6.93. The standard InChI is InChI=1S/C14H20N2O4/c1-10-9-20-13(15-10)16-11(17)7-14(8-12(18)19)5-3-2-4-6-14/h9H,2-8H2,1H3,(H,18,19)(H,15,16,17). The number of carboxylic acids is 1. The summed E-state index contributed by atoms with van der Waals surface area (Å²) in [5.41, 5.74) is 0.272. The van der Waals surface area contributed by atoms with E-state index in [0.29, 0.717) is 5.69 Å². The van der Waals surface area contributed by atoms with Gasteiger partial charge >= 0.3 is 12.0 Å². The predicted octanol–water partition coefficient (Wildman–Crippen LogP) is 2.74. The molecule has 0 spiro atoms. The van der Waals surface area contributed by atoms with Gasteiger partial charge in [0.1, 0.15) is 6.26 Å². The monoisotopic (exact) mass is 280 g/mol. The van der Waals surface area contributed by atoms with Crippen molar-refractivity contribution in [1.29, 1.82) is 0 Å². The van der Waals surface area contributed by atoms with E-state index in [1.165, 1.54) is 6.26 Å². The molecule has 1 heterocycles. The molecule has 1 fully saturated rings. The van der Waals surface area contributed by atoms with Gasteiger partial charge < -0.3 is 9.52 Å². The van der Waals surface area contributed by atoms with Crippen molar-refractivity contribution >= 4 is 17.9 Å². The molecule has 1 amide bonds. The third kappa shape index (κ3) is 3.82. The molecule has 0 unspecified atom stereocenters. The van der Waals surface area contributed by atoms with Gasteiger partial charge in [-0.3, -0.25) is 14.9 Å². The van der Waals surface area contributed by atoms with E-state index in [4.69, 9.17) is 9.52 Å². The first kappa shape index (κ1) is 14.6. The van der Waals surface area contributed by atoms with Crippen molar-refractivity contribution in [2.45, 2.75) is 51.9 Å². The van der Waals surface area contributed by atoms with Crippen LogP contribution in [-0.2, 0) is 9.59 Å². The van der Waals surface area contributed by atoms with Crippen LogP contribution in [0, 0.1) is 12.3 Å². The predicted molar refractivity (Wildman–Crippen MR) is 72.3 cm³/mol. The number of aromatic nitrogens is 1. The lowest BCUT2D eigenvalue weighted by Crippen LogP contribution is -2.32. The summed E-state index contributed by atoms with van der Waals surface area (Å²) in [5.74, 6) is -1.07. The third-order valence-corrected chi connectivity index (χ3v) is 3.84. The molecule has 0 atom stereocenters. The largest absolute Gasteiger partial charge is 0.481 e. The Morgan fingerprint density at radius 3 is 2.60 bits per heavy atom. The molecule has 20 heavy (non-hydrogen) atoms. The van der Waals surface area contributed by atoms with Crippen LogP contribution in [-0.4, -0.2) is 22.0 Å². The Balaban J connectivity index is 1.99. The van der Waals surface area contributed by atoms with Crippen LogP contribution in [0.25, 0.3) is 0 Å². The minimum absolute atomic E-state index is 0.0467. The van der Waals surface area contributed by atoms with Crippen LogP contribution in [0.3, 0.4) is 0 Å². The van der Waals surface area contributed by atoms with Gasteiger partial charge in [0.25, 0.3) is 0 Å². The highest BCUT2D eigenvalue weighted by molar-refractivity contribution is 5.89. The minimum Gasteiger partial charge on any atom is -0.481 e. The van der Waals surface area contributed by atoms with E-state index in [9.17, 15) is 9.59 Å². The number of amides is 1. The lowest BCUT2D eigenvalue weighted by Gasteiger charge is -2.35. The number of nitrogens with zero attached hydrogens (tertiary/aromatic N) is 1. The molecule has 2 N–H and O–H groups in total. The van der Waals surface area contributed by atoms with Crippen LogP contribution in [0.5, 0.6) is 0 Å². The van der Waals surface area contributed by atoms with Crippen molar-refractivity contribution < 1.29 is 19.1 Å². The summed E-state index contributed by atoms with van der Waals surface area (Å²) in [5, 5.41) is 11.7. The summed E-state index contributed by atoms with van der Waals surface area (Å²) >= 11 is 0. The van der Waals surface area contributed by atoms with E-state index in [0.717, 1.165) is 32.1 Å². The molecule has 1 aliphatic rings. The zero-order chi connectivity index (χ0) is 14.6. The molecule has 6 heteroatoms. The molecule has 110 valence electrons. The fraction of sp³-hybridized carbons (Fsp3) is 0.643. The van der Waals surface area contributed by atoms with Crippen molar-refractivity contribution in [3.05, 3.63) is 12.0 Å². The van der Waals surface area contributed by atoms with E-state index in [-0.39, 0.29) is 24.8 Å². The molecular weight excluding hydrogens is 260 g/mol. The molecule has 1 saturated carbocycles. The maximum atomic E-state index is 12.1. The van der Waals surface area contributed by atoms with Crippen LogP contribution in [0.1, 0.15) is 50.6 Å². The number of oxazole rings is 1.